The molecule has 0 radical (unpaired) electrons. The Bertz CT molecular complexity index is 421. The molecule has 0 aliphatic rings. The zero-order valence-electron chi connectivity index (χ0n) is 13.0. The van der Waals surface area contributed by atoms with Crippen molar-refractivity contribution in [1.82, 2.24) is 4.90 Å². The second kappa shape index (κ2) is 7.29. The van der Waals surface area contributed by atoms with Crippen molar-refractivity contribution in [3.8, 4) is 5.75 Å². The summed E-state index contributed by atoms with van der Waals surface area (Å²) in [5.41, 5.74) is 6.78. The summed E-state index contributed by atoms with van der Waals surface area (Å²) in [6, 6.07) is 7.89. The van der Waals surface area contributed by atoms with E-state index in [2.05, 4.69) is 0 Å². The van der Waals surface area contributed by atoms with Crippen LogP contribution in [0, 0.1) is 6.92 Å². The van der Waals surface area contributed by atoms with Crippen LogP contribution < -0.4 is 10.5 Å². The predicted octanol–water partition coefficient (Wildman–Crippen LogP) is 2.35. The quantitative estimate of drug-likeness (QED) is 0.833. The number of hydrogen-bond acceptors (Lipinski definition) is 3. The number of likely N-dealkylation sites (N-methyl/N-ethyl adjacent to an activating group) is 1. The van der Waals surface area contributed by atoms with Gasteiger partial charge in [0.15, 0.2) is 0 Å². The molecule has 1 aromatic carbocycles. The number of aryl methyl sites for hydroxylation is 1. The van der Waals surface area contributed by atoms with E-state index in [1.165, 1.54) is 5.56 Å². The number of benzene rings is 1. The van der Waals surface area contributed by atoms with Crippen molar-refractivity contribution in [2.75, 3.05) is 20.2 Å². The van der Waals surface area contributed by atoms with Crippen molar-refractivity contribution in [1.29, 1.82) is 0 Å². The van der Waals surface area contributed by atoms with Crippen LogP contribution in [0.15, 0.2) is 24.3 Å². The molecule has 1 rings (SSSR count). The Hall–Kier alpha value is -1.55. The van der Waals surface area contributed by atoms with Crippen LogP contribution in [0.5, 0.6) is 5.75 Å². The standard InChI is InChI=1S/C16H26N2O2/c1-13-5-7-14(8-6-13)20-12-11-18(4)15(19)9-10-16(2,3)17/h5-8H,9-12,17H2,1-4H3. The smallest absolute Gasteiger partial charge is 0.222 e. The molecule has 0 saturated carbocycles. The first-order valence-electron chi connectivity index (χ1n) is 7.00. The number of hydrogen-bond donors (Lipinski definition) is 1. The van der Waals surface area contributed by atoms with Gasteiger partial charge in [0.1, 0.15) is 12.4 Å². The van der Waals surface area contributed by atoms with Gasteiger partial charge in [-0.15, -0.1) is 0 Å². The van der Waals surface area contributed by atoms with Crippen LogP contribution in [0.1, 0.15) is 32.3 Å². The third kappa shape index (κ3) is 6.57. The van der Waals surface area contributed by atoms with Crippen LogP contribution in [0.4, 0.5) is 0 Å². The normalized spacial score (nSPS) is 11.2. The molecule has 20 heavy (non-hydrogen) atoms. The van der Waals surface area contributed by atoms with E-state index >= 15 is 0 Å². The largest absolute Gasteiger partial charge is 0.492 e. The fourth-order valence-electron chi connectivity index (χ4n) is 1.68. The second-order valence-corrected chi connectivity index (χ2v) is 5.97. The van der Waals surface area contributed by atoms with Gasteiger partial charge in [0.05, 0.1) is 6.54 Å². The average molecular weight is 278 g/mol. The van der Waals surface area contributed by atoms with E-state index in [9.17, 15) is 4.79 Å². The molecule has 4 heteroatoms. The van der Waals surface area contributed by atoms with E-state index in [0.717, 1.165) is 5.75 Å². The predicted molar refractivity (Wildman–Crippen MR) is 81.8 cm³/mol. The first kappa shape index (κ1) is 16.5. The van der Waals surface area contributed by atoms with Crippen molar-refractivity contribution in [3.63, 3.8) is 0 Å². The number of nitrogens with zero attached hydrogens (tertiary/aromatic N) is 1. The van der Waals surface area contributed by atoms with Gasteiger partial charge in [-0.25, -0.2) is 0 Å². The molecule has 0 fully saturated rings. The summed E-state index contributed by atoms with van der Waals surface area (Å²) >= 11 is 0. The molecule has 0 spiro atoms. The molecule has 1 aromatic rings. The maximum Gasteiger partial charge on any atom is 0.222 e. The third-order valence-electron chi connectivity index (χ3n) is 3.13. The van der Waals surface area contributed by atoms with Gasteiger partial charge in [-0.2, -0.15) is 0 Å². The van der Waals surface area contributed by atoms with Crippen LogP contribution in [0.3, 0.4) is 0 Å². The van der Waals surface area contributed by atoms with Gasteiger partial charge in [-0.3, -0.25) is 4.79 Å². The summed E-state index contributed by atoms with van der Waals surface area (Å²) in [4.78, 5) is 13.6. The van der Waals surface area contributed by atoms with Crippen molar-refractivity contribution < 1.29 is 9.53 Å². The van der Waals surface area contributed by atoms with Gasteiger partial charge in [0, 0.05) is 19.0 Å². The van der Waals surface area contributed by atoms with Crippen LogP contribution in [0.25, 0.3) is 0 Å². The summed E-state index contributed by atoms with van der Waals surface area (Å²) in [6.45, 7) is 6.98. The molecular formula is C16H26N2O2. The molecule has 0 aliphatic carbocycles. The molecule has 0 saturated heterocycles. The number of rotatable bonds is 7. The lowest BCUT2D eigenvalue weighted by Crippen LogP contribution is -2.36. The average Bonchev–Trinajstić information content (AvgIpc) is 2.37. The lowest BCUT2D eigenvalue weighted by molar-refractivity contribution is -0.130. The minimum absolute atomic E-state index is 0.107. The summed E-state index contributed by atoms with van der Waals surface area (Å²) < 4.78 is 5.61. The zero-order chi connectivity index (χ0) is 15.2. The molecule has 0 bridgehead atoms. The van der Waals surface area contributed by atoms with Gasteiger partial charge < -0.3 is 15.4 Å². The number of nitrogens with two attached hydrogens (primary N) is 1. The van der Waals surface area contributed by atoms with Gasteiger partial charge >= 0.3 is 0 Å². The second-order valence-electron chi connectivity index (χ2n) is 5.97. The minimum Gasteiger partial charge on any atom is -0.492 e. The Morgan fingerprint density at radius 3 is 2.45 bits per heavy atom. The number of ether oxygens (including phenoxy) is 1. The van der Waals surface area contributed by atoms with Crippen LogP contribution in [0.2, 0.25) is 0 Å². The lowest BCUT2D eigenvalue weighted by atomic mass is 10.00. The topological polar surface area (TPSA) is 55.6 Å². The molecule has 112 valence electrons. The Balaban J connectivity index is 2.27. The molecule has 0 heterocycles. The third-order valence-corrected chi connectivity index (χ3v) is 3.13. The molecule has 0 aliphatic heterocycles. The van der Waals surface area contributed by atoms with Gasteiger partial charge in [0.25, 0.3) is 0 Å². The van der Waals surface area contributed by atoms with Crippen LogP contribution in [-0.2, 0) is 4.79 Å². The minimum atomic E-state index is -0.297. The molecule has 2 N–H and O–H groups in total. The van der Waals surface area contributed by atoms with Gasteiger partial charge in [-0.1, -0.05) is 17.7 Å². The summed E-state index contributed by atoms with van der Waals surface area (Å²) in [5.74, 6) is 0.940. The summed E-state index contributed by atoms with van der Waals surface area (Å²) in [5, 5.41) is 0. The van der Waals surface area contributed by atoms with Crippen LogP contribution >= 0.6 is 0 Å². The Kier molecular flexibility index (Phi) is 6.02. The molecule has 0 atom stereocenters. The Morgan fingerprint density at radius 2 is 1.90 bits per heavy atom. The monoisotopic (exact) mass is 278 g/mol. The highest BCUT2D eigenvalue weighted by Crippen LogP contribution is 2.11. The number of carbonyl (C=O) groups is 1. The zero-order valence-corrected chi connectivity index (χ0v) is 13.0. The van der Waals surface area contributed by atoms with E-state index < -0.39 is 0 Å². The Labute approximate surface area is 121 Å². The van der Waals surface area contributed by atoms with Crippen molar-refractivity contribution in [2.45, 2.75) is 39.2 Å². The fraction of sp³-hybridized carbons (Fsp3) is 0.562. The number of carbonyl (C=O) groups excluding carboxylic acids is 1. The van der Waals surface area contributed by atoms with E-state index in [1.54, 1.807) is 11.9 Å². The highest BCUT2D eigenvalue weighted by Gasteiger charge is 2.15. The number of amides is 1. The van der Waals surface area contributed by atoms with Crippen molar-refractivity contribution >= 4 is 5.91 Å². The van der Waals surface area contributed by atoms with E-state index in [4.69, 9.17) is 10.5 Å². The molecule has 0 unspecified atom stereocenters. The summed E-state index contributed by atoms with van der Waals surface area (Å²) in [7, 11) is 1.80. The van der Waals surface area contributed by atoms with Crippen molar-refractivity contribution in [3.05, 3.63) is 29.8 Å². The maximum atomic E-state index is 11.9. The Morgan fingerprint density at radius 1 is 1.30 bits per heavy atom. The molecule has 1 amide bonds. The van der Waals surface area contributed by atoms with Crippen LogP contribution in [-0.4, -0.2) is 36.5 Å². The first-order valence-corrected chi connectivity index (χ1v) is 7.00. The van der Waals surface area contributed by atoms with Crippen molar-refractivity contribution in [2.24, 2.45) is 5.73 Å². The summed E-state index contributed by atoms with van der Waals surface area (Å²) in [6.07, 6.45) is 1.17. The highest BCUT2D eigenvalue weighted by atomic mass is 16.5. The first-order chi connectivity index (χ1) is 9.28. The van der Waals surface area contributed by atoms with E-state index in [1.807, 2.05) is 45.0 Å². The SMILES string of the molecule is Cc1ccc(OCCN(C)C(=O)CCC(C)(C)N)cc1. The van der Waals surface area contributed by atoms with Gasteiger partial charge in [0.2, 0.25) is 5.91 Å². The molecular weight excluding hydrogens is 252 g/mol. The molecule has 4 nitrogen and oxygen atoms in total. The van der Waals surface area contributed by atoms with E-state index in [0.29, 0.717) is 26.0 Å². The lowest BCUT2D eigenvalue weighted by Gasteiger charge is -2.21. The highest BCUT2D eigenvalue weighted by molar-refractivity contribution is 5.75. The fourth-order valence-corrected chi connectivity index (χ4v) is 1.68. The van der Waals surface area contributed by atoms with E-state index in [-0.39, 0.29) is 11.4 Å². The van der Waals surface area contributed by atoms with Gasteiger partial charge in [-0.05, 0) is 39.3 Å². The maximum absolute atomic E-state index is 11.9. The molecule has 0 aromatic heterocycles.